The molecule has 0 aliphatic rings. The van der Waals surface area contributed by atoms with E-state index in [1.165, 1.54) is 19.2 Å². The van der Waals surface area contributed by atoms with Crippen molar-refractivity contribution in [3.8, 4) is 11.5 Å². The normalized spacial score (nSPS) is 11.7. The van der Waals surface area contributed by atoms with E-state index in [-0.39, 0.29) is 5.75 Å². The van der Waals surface area contributed by atoms with Crippen LogP contribution in [0.1, 0.15) is 11.6 Å². The Morgan fingerprint density at radius 1 is 1.29 bits per heavy atom. The summed E-state index contributed by atoms with van der Waals surface area (Å²) in [5.41, 5.74) is 1.08. The van der Waals surface area contributed by atoms with Gasteiger partial charge < -0.3 is 20.3 Å². The first-order chi connectivity index (χ1) is 10.0. The SMILES string of the molecule is COc1ccc(C(Nc2ccccc2Br)C(=O)O)cc1O. The lowest BCUT2D eigenvalue weighted by molar-refractivity contribution is -0.138. The molecule has 0 aromatic heterocycles. The summed E-state index contributed by atoms with van der Waals surface area (Å²) in [7, 11) is 1.43. The minimum atomic E-state index is -1.05. The zero-order chi connectivity index (χ0) is 15.4. The summed E-state index contributed by atoms with van der Waals surface area (Å²) in [6, 6.07) is 10.7. The van der Waals surface area contributed by atoms with E-state index in [9.17, 15) is 15.0 Å². The molecule has 1 atom stereocenters. The quantitative estimate of drug-likeness (QED) is 0.769. The van der Waals surface area contributed by atoms with Gasteiger partial charge in [-0.3, -0.25) is 0 Å². The van der Waals surface area contributed by atoms with Gasteiger partial charge in [0.25, 0.3) is 0 Å². The van der Waals surface area contributed by atoms with E-state index < -0.39 is 12.0 Å². The number of carboxylic acids is 1. The number of ether oxygens (including phenoxy) is 1. The summed E-state index contributed by atoms with van der Waals surface area (Å²) in [4.78, 5) is 11.5. The number of hydrogen-bond acceptors (Lipinski definition) is 4. The molecule has 0 bridgehead atoms. The maximum absolute atomic E-state index is 11.5. The number of halogens is 1. The molecule has 0 radical (unpaired) electrons. The molecule has 21 heavy (non-hydrogen) atoms. The second-order valence-corrected chi connectivity index (χ2v) is 5.18. The number of phenolic OH excluding ortho intramolecular Hbond substituents is 1. The van der Waals surface area contributed by atoms with E-state index in [2.05, 4.69) is 21.2 Å². The van der Waals surface area contributed by atoms with Crippen molar-refractivity contribution >= 4 is 27.6 Å². The van der Waals surface area contributed by atoms with Crippen molar-refractivity contribution < 1.29 is 19.7 Å². The van der Waals surface area contributed by atoms with Gasteiger partial charge in [0.1, 0.15) is 0 Å². The molecular formula is C15H14BrNO4. The Balaban J connectivity index is 2.34. The Bertz CT molecular complexity index is 660. The number of carboxylic acid groups (broad SMARTS) is 1. The molecule has 2 aromatic carbocycles. The summed E-state index contributed by atoms with van der Waals surface area (Å²) in [5, 5.41) is 22.1. The smallest absolute Gasteiger partial charge is 0.330 e. The molecule has 0 spiro atoms. The topological polar surface area (TPSA) is 78.8 Å². The summed E-state index contributed by atoms with van der Waals surface area (Å²) < 4.78 is 5.71. The molecule has 1 unspecified atom stereocenters. The van der Waals surface area contributed by atoms with Crippen molar-refractivity contribution in [1.29, 1.82) is 0 Å². The molecule has 0 heterocycles. The number of methoxy groups -OCH3 is 1. The molecule has 110 valence electrons. The maximum atomic E-state index is 11.5. The van der Waals surface area contributed by atoms with Crippen molar-refractivity contribution in [1.82, 2.24) is 0 Å². The summed E-state index contributed by atoms with van der Waals surface area (Å²) in [5.74, 6) is -0.853. The number of anilines is 1. The first-order valence-corrected chi connectivity index (χ1v) is 6.93. The van der Waals surface area contributed by atoms with Crippen molar-refractivity contribution in [2.75, 3.05) is 12.4 Å². The van der Waals surface area contributed by atoms with Gasteiger partial charge in [0.15, 0.2) is 17.5 Å². The highest BCUT2D eigenvalue weighted by Crippen LogP contribution is 2.31. The van der Waals surface area contributed by atoms with Crippen LogP contribution in [0.2, 0.25) is 0 Å². The van der Waals surface area contributed by atoms with Gasteiger partial charge in [0, 0.05) is 10.2 Å². The van der Waals surface area contributed by atoms with E-state index in [0.29, 0.717) is 17.0 Å². The molecular weight excluding hydrogens is 338 g/mol. The van der Waals surface area contributed by atoms with Crippen LogP contribution in [0, 0.1) is 0 Å². The molecule has 2 rings (SSSR count). The van der Waals surface area contributed by atoms with Gasteiger partial charge in [-0.15, -0.1) is 0 Å². The van der Waals surface area contributed by atoms with Gasteiger partial charge >= 0.3 is 5.97 Å². The highest BCUT2D eigenvalue weighted by molar-refractivity contribution is 9.10. The zero-order valence-electron chi connectivity index (χ0n) is 11.2. The molecule has 0 saturated carbocycles. The Morgan fingerprint density at radius 3 is 2.57 bits per heavy atom. The van der Waals surface area contributed by atoms with E-state index in [1.54, 1.807) is 18.2 Å². The highest BCUT2D eigenvalue weighted by atomic mass is 79.9. The van der Waals surface area contributed by atoms with Crippen LogP contribution in [-0.4, -0.2) is 23.3 Å². The Hall–Kier alpha value is -2.21. The molecule has 0 fully saturated rings. The monoisotopic (exact) mass is 351 g/mol. The van der Waals surface area contributed by atoms with Crippen LogP contribution in [0.15, 0.2) is 46.9 Å². The average molecular weight is 352 g/mol. The van der Waals surface area contributed by atoms with Gasteiger partial charge in [0.2, 0.25) is 0 Å². The predicted octanol–water partition coefficient (Wildman–Crippen LogP) is 3.40. The third kappa shape index (κ3) is 3.46. The third-order valence-electron chi connectivity index (χ3n) is 2.96. The number of aliphatic carboxylic acids is 1. The number of para-hydroxylation sites is 1. The summed E-state index contributed by atoms with van der Waals surface area (Å²) >= 11 is 3.36. The minimum absolute atomic E-state index is 0.102. The second-order valence-electron chi connectivity index (χ2n) is 4.33. The average Bonchev–Trinajstić information content (AvgIpc) is 2.46. The largest absolute Gasteiger partial charge is 0.504 e. The zero-order valence-corrected chi connectivity index (χ0v) is 12.8. The number of rotatable bonds is 5. The fraction of sp³-hybridized carbons (Fsp3) is 0.133. The number of hydrogen-bond donors (Lipinski definition) is 3. The number of benzene rings is 2. The Kier molecular flexibility index (Phi) is 4.70. The van der Waals surface area contributed by atoms with Crippen LogP contribution in [0.25, 0.3) is 0 Å². The van der Waals surface area contributed by atoms with Crippen LogP contribution in [-0.2, 0) is 4.79 Å². The minimum Gasteiger partial charge on any atom is -0.504 e. The lowest BCUT2D eigenvalue weighted by Crippen LogP contribution is -2.20. The van der Waals surface area contributed by atoms with Crippen LogP contribution in [0.5, 0.6) is 11.5 Å². The lowest BCUT2D eigenvalue weighted by atomic mass is 10.1. The maximum Gasteiger partial charge on any atom is 0.330 e. The van der Waals surface area contributed by atoms with Gasteiger partial charge in [-0.2, -0.15) is 0 Å². The Labute approximate surface area is 130 Å². The van der Waals surface area contributed by atoms with Crippen molar-refractivity contribution in [2.24, 2.45) is 0 Å². The van der Waals surface area contributed by atoms with Gasteiger partial charge in [-0.05, 0) is 45.8 Å². The number of aromatic hydroxyl groups is 1. The molecule has 5 nitrogen and oxygen atoms in total. The molecule has 0 aliphatic heterocycles. The van der Waals surface area contributed by atoms with Gasteiger partial charge in [0.05, 0.1) is 7.11 Å². The lowest BCUT2D eigenvalue weighted by Gasteiger charge is -2.18. The molecule has 0 amide bonds. The molecule has 2 aromatic rings. The third-order valence-corrected chi connectivity index (χ3v) is 3.65. The summed E-state index contributed by atoms with van der Waals surface area (Å²) in [6.07, 6.45) is 0. The first-order valence-electron chi connectivity index (χ1n) is 6.13. The number of carbonyl (C=O) groups is 1. The van der Waals surface area contributed by atoms with Crippen LogP contribution in [0.3, 0.4) is 0 Å². The fourth-order valence-electron chi connectivity index (χ4n) is 1.91. The molecule has 0 saturated heterocycles. The van der Waals surface area contributed by atoms with Gasteiger partial charge in [-0.1, -0.05) is 18.2 Å². The second kappa shape index (κ2) is 6.49. The molecule has 6 heteroatoms. The number of nitrogens with one attached hydrogen (secondary N) is 1. The van der Waals surface area contributed by atoms with Crippen molar-refractivity contribution in [2.45, 2.75) is 6.04 Å². The van der Waals surface area contributed by atoms with E-state index >= 15 is 0 Å². The van der Waals surface area contributed by atoms with E-state index in [4.69, 9.17) is 4.74 Å². The predicted molar refractivity (Wildman–Crippen MR) is 82.8 cm³/mol. The van der Waals surface area contributed by atoms with Crippen molar-refractivity contribution in [3.05, 3.63) is 52.5 Å². The van der Waals surface area contributed by atoms with Gasteiger partial charge in [-0.25, -0.2) is 4.79 Å². The van der Waals surface area contributed by atoms with E-state index in [0.717, 1.165) is 4.47 Å². The fourth-order valence-corrected chi connectivity index (χ4v) is 2.31. The number of phenols is 1. The summed E-state index contributed by atoms with van der Waals surface area (Å²) in [6.45, 7) is 0. The Morgan fingerprint density at radius 2 is 2.00 bits per heavy atom. The van der Waals surface area contributed by atoms with Crippen LogP contribution >= 0.6 is 15.9 Å². The molecule has 0 aliphatic carbocycles. The van der Waals surface area contributed by atoms with E-state index in [1.807, 2.05) is 12.1 Å². The molecule has 3 N–H and O–H groups in total. The van der Waals surface area contributed by atoms with Crippen LogP contribution < -0.4 is 10.1 Å². The van der Waals surface area contributed by atoms with Crippen molar-refractivity contribution in [3.63, 3.8) is 0 Å². The van der Waals surface area contributed by atoms with Crippen LogP contribution in [0.4, 0.5) is 5.69 Å². The first kappa shape index (κ1) is 15.2. The standard InChI is InChI=1S/C15H14BrNO4/c1-21-13-7-6-9(8-12(13)18)14(15(19)20)17-11-5-3-2-4-10(11)16/h2-8,14,17-18H,1H3,(H,19,20). The highest BCUT2D eigenvalue weighted by Gasteiger charge is 2.21.